The summed E-state index contributed by atoms with van der Waals surface area (Å²) in [5.41, 5.74) is 3.82. The van der Waals surface area contributed by atoms with Crippen molar-refractivity contribution in [1.82, 2.24) is 10.3 Å². The molecule has 6 heteroatoms. The smallest absolute Gasteiger partial charge is 0.244 e. The van der Waals surface area contributed by atoms with E-state index in [9.17, 15) is 4.79 Å². The fourth-order valence-electron chi connectivity index (χ4n) is 2.67. The number of nitrogens with zero attached hydrogens (tertiary/aromatic N) is 1. The molecule has 0 fully saturated rings. The standard InChI is InChI=1S/C20H16N2O3S/c23-19(6-4-14-3-5-17-18(10-14)25-13-24-17)22-11-15-2-1-8-21-20(15)16-7-9-26-12-16/h1-10,12H,11,13H2,(H,22,23)/b6-4+. The maximum atomic E-state index is 12.1. The Hall–Kier alpha value is -3.12. The second kappa shape index (κ2) is 7.41. The third-order valence-electron chi connectivity index (χ3n) is 3.96. The number of pyridine rings is 1. The van der Waals surface area contributed by atoms with Gasteiger partial charge in [0.2, 0.25) is 12.7 Å². The number of carbonyl (C=O) groups is 1. The van der Waals surface area contributed by atoms with E-state index in [-0.39, 0.29) is 12.7 Å². The summed E-state index contributed by atoms with van der Waals surface area (Å²) in [6.07, 6.45) is 5.02. The largest absolute Gasteiger partial charge is 0.454 e. The van der Waals surface area contributed by atoms with Crippen molar-refractivity contribution in [3.05, 3.63) is 70.6 Å². The number of amides is 1. The Morgan fingerprint density at radius 2 is 2.15 bits per heavy atom. The Bertz CT molecular complexity index is 951. The van der Waals surface area contributed by atoms with E-state index < -0.39 is 0 Å². The van der Waals surface area contributed by atoms with Gasteiger partial charge in [0.1, 0.15) is 0 Å². The van der Waals surface area contributed by atoms with Gasteiger partial charge in [-0.05, 0) is 46.8 Å². The van der Waals surface area contributed by atoms with E-state index in [1.54, 1.807) is 23.6 Å². The first-order valence-electron chi connectivity index (χ1n) is 8.11. The zero-order valence-electron chi connectivity index (χ0n) is 13.8. The highest BCUT2D eigenvalue weighted by molar-refractivity contribution is 7.08. The predicted molar refractivity (Wildman–Crippen MR) is 101 cm³/mol. The van der Waals surface area contributed by atoms with Gasteiger partial charge in [0.15, 0.2) is 11.5 Å². The van der Waals surface area contributed by atoms with Crippen molar-refractivity contribution in [3.63, 3.8) is 0 Å². The lowest BCUT2D eigenvalue weighted by molar-refractivity contribution is -0.116. The van der Waals surface area contributed by atoms with E-state index in [2.05, 4.69) is 10.3 Å². The van der Waals surface area contributed by atoms with Crippen molar-refractivity contribution in [2.24, 2.45) is 0 Å². The Balaban J connectivity index is 1.40. The van der Waals surface area contributed by atoms with E-state index >= 15 is 0 Å². The number of hydrogen-bond donors (Lipinski definition) is 1. The maximum Gasteiger partial charge on any atom is 0.244 e. The van der Waals surface area contributed by atoms with Crippen LogP contribution in [0, 0.1) is 0 Å². The molecule has 0 atom stereocenters. The zero-order valence-corrected chi connectivity index (χ0v) is 14.7. The van der Waals surface area contributed by atoms with Gasteiger partial charge < -0.3 is 14.8 Å². The lowest BCUT2D eigenvalue weighted by Gasteiger charge is -2.07. The number of benzene rings is 1. The fraction of sp³-hybridized carbons (Fsp3) is 0.100. The van der Waals surface area contributed by atoms with Crippen LogP contribution in [-0.4, -0.2) is 17.7 Å². The molecule has 2 aromatic heterocycles. The van der Waals surface area contributed by atoms with Crippen molar-refractivity contribution >= 4 is 23.3 Å². The molecule has 26 heavy (non-hydrogen) atoms. The van der Waals surface area contributed by atoms with Crippen molar-refractivity contribution in [1.29, 1.82) is 0 Å². The van der Waals surface area contributed by atoms with Crippen LogP contribution >= 0.6 is 11.3 Å². The molecule has 1 aliphatic heterocycles. The summed E-state index contributed by atoms with van der Waals surface area (Å²) in [4.78, 5) is 16.6. The summed E-state index contributed by atoms with van der Waals surface area (Å²) in [7, 11) is 0. The van der Waals surface area contributed by atoms with Crippen LogP contribution in [0.1, 0.15) is 11.1 Å². The molecule has 0 spiro atoms. The number of carbonyl (C=O) groups excluding carboxylic acids is 1. The van der Waals surface area contributed by atoms with Crippen molar-refractivity contribution in [2.45, 2.75) is 6.54 Å². The summed E-state index contributed by atoms with van der Waals surface area (Å²) < 4.78 is 10.6. The van der Waals surface area contributed by atoms with Crippen molar-refractivity contribution in [2.75, 3.05) is 6.79 Å². The first kappa shape index (κ1) is 16.4. The van der Waals surface area contributed by atoms with Crippen molar-refractivity contribution < 1.29 is 14.3 Å². The average Bonchev–Trinajstić information content (AvgIpc) is 3.36. The molecule has 1 N–H and O–H groups in total. The second-order valence-corrected chi connectivity index (χ2v) is 6.47. The minimum absolute atomic E-state index is 0.164. The van der Waals surface area contributed by atoms with Gasteiger partial charge in [-0.25, -0.2) is 0 Å². The number of ether oxygens (including phenoxy) is 2. The molecule has 0 aliphatic carbocycles. The minimum atomic E-state index is -0.164. The quantitative estimate of drug-likeness (QED) is 0.698. The molecule has 0 bridgehead atoms. The minimum Gasteiger partial charge on any atom is -0.454 e. The number of rotatable bonds is 5. The summed E-state index contributed by atoms with van der Waals surface area (Å²) in [5.74, 6) is 1.26. The van der Waals surface area contributed by atoms with Gasteiger partial charge in [0, 0.05) is 29.8 Å². The highest BCUT2D eigenvalue weighted by Crippen LogP contribution is 2.32. The van der Waals surface area contributed by atoms with Gasteiger partial charge in [-0.2, -0.15) is 11.3 Å². The van der Waals surface area contributed by atoms with Crippen molar-refractivity contribution in [3.8, 4) is 22.8 Å². The van der Waals surface area contributed by atoms with Gasteiger partial charge in [-0.1, -0.05) is 12.1 Å². The molecular weight excluding hydrogens is 348 g/mol. The Morgan fingerprint density at radius 1 is 1.23 bits per heavy atom. The predicted octanol–water partition coefficient (Wildman–Crippen LogP) is 3.87. The zero-order chi connectivity index (χ0) is 17.8. The molecule has 1 aromatic carbocycles. The molecule has 5 nitrogen and oxygen atoms in total. The number of hydrogen-bond acceptors (Lipinski definition) is 5. The molecule has 0 unspecified atom stereocenters. The number of fused-ring (bicyclic) bond motifs is 1. The van der Waals surface area contributed by atoms with Crippen LogP contribution < -0.4 is 14.8 Å². The van der Waals surface area contributed by atoms with Crippen LogP contribution in [0.15, 0.2) is 59.4 Å². The molecule has 130 valence electrons. The highest BCUT2D eigenvalue weighted by Gasteiger charge is 2.12. The normalized spacial score (nSPS) is 12.5. The third kappa shape index (κ3) is 3.60. The highest BCUT2D eigenvalue weighted by atomic mass is 32.1. The SMILES string of the molecule is O=C(/C=C/c1ccc2c(c1)OCO2)NCc1cccnc1-c1ccsc1. The number of thiophene rings is 1. The Labute approximate surface area is 154 Å². The molecule has 4 rings (SSSR count). The topological polar surface area (TPSA) is 60.5 Å². The molecule has 1 aliphatic rings. The molecule has 0 radical (unpaired) electrons. The van der Waals surface area contributed by atoms with E-state index in [4.69, 9.17) is 9.47 Å². The molecule has 1 amide bonds. The van der Waals surface area contributed by atoms with Gasteiger partial charge in [-0.3, -0.25) is 9.78 Å². The number of aromatic nitrogens is 1. The average molecular weight is 364 g/mol. The maximum absolute atomic E-state index is 12.1. The van der Waals surface area contributed by atoms with Crippen LogP contribution in [0.4, 0.5) is 0 Å². The lowest BCUT2D eigenvalue weighted by atomic mass is 10.1. The molecular formula is C20H16N2O3S. The van der Waals surface area contributed by atoms with Gasteiger partial charge in [0.05, 0.1) is 5.69 Å². The van der Waals surface area contributed by atoms with Crippen LogP contribution in [0.2, 0.25) is 0 Å². The van der Waals surface area contributed by atoms with Gasteiger partial charge in [-0.15, -0.1) is 0 Å². The lowest BCUT2D eigenvalue weighted by Crippen LogP contribution is -2.20. The molecule has 3 aromatic rings. The summed E-state index contributed by atoms with van der Waals surface area (Å²) in [6, 6.07) is 11.4. The van der Waals surface area contributed by atoms with Crippen LogP contribution in [0.25, 0.3) is 17.3 Å². The van der Waals surface area contributed by atoms with E-state index in [0.717, 1.165) is 28.1 Å². The summed E-state index contributed by atoms with van der Waals surface area (Å²) >= 11 is 1.62. The van der Waals surface area contributed by atoms with Crippen LogP contribution in [0.5, 0.6) is 11.5 Å². The monoisotopic (exact) mass is 364 g/mol. The molecule has 3 heterocycles. The fourth-order valence-corrected chi connectivity index (χ4v) is 3.31. The van der Waals surface area contributed by atoms with E-state index in [1.165, 1.54) is 6.08 Å². The Kier molecular flexibility index (Phi) is 4.66. The van der Waals surface area contributed by atoms with Crippen LogP contribution in [-0.2, 0) is 11.3 Å². The van der Waals surface area contributed by atoms with E-state index in [1.807, 2.05) is 47.2 Å². The first-order chi connectivity index (χ1) is 12.8. The summed E-state index contributed by atoms with van der Waals surface area (Å²) in [5, 5.41) is 6.97. The number of nitrogens with one attached hydrogen (secondary N) is 1. The first-order valence-corrected chi connectivity index (χ1v) is 9.06. The van der Waals surface area contributed by atoms with Crippen LogP contribution in [0.3, 0.4) is 0 Å². The molecule has 0 saturated carbocycles. The van der Waals surface area contributed by atoms with E-state index in [0.29, 0.717) is 12.3 Å². The van der Waals surface area contributed by atoms with Gasteiger partial charge >= 0.3 is 0 Å². The Morgan fingerprint density at radius 3 is 3.04 bits per heavy atom. The third-order valence-corrected chi connectivity index (χ3v) is 4.65. The second-order valence-electron chi connectivity index (χ2n) is 5.69. The summed E-state index contributed by atoms with van der Waals surface area (Å²) in [6.45, 7) is 0.657. The molecule has 0 saturated heterocycles. The van der Waals surface area contributed by atoms with Gasteiger partial charge in [0.25, 0.3) is 0 Å².